The summed E-state index contributed by atoms with van der Waals surface area (Å²) in [4.78, 5) is 0. The van der Waals surface area contributed by atoms with Gasteiger partial charge in [-0.2, -0.15) is 0 Å². The van der Waals surface area contributed by atoms with E-state index in [0.29, 0.717) is 4.48 Å². The van der Waals surface area contributed by atoms with Crippen LogP contribution in [0, 0.1) is 0 Å². The Bertz CT molecular complexity index is 291. The fourth-order valence-corrected chi connectivity index (χ4v) is 1.70. The highest BCUT2D eigenvalue weighted by atomic mass is 32.3. The molecular weight excluding hydrogens is 236 g/mol. The van der Waals surface area contributed by atoms with Gasteiger partial charge in [-0.3, -0.25) is 0 Å². The van der Waals surface area contributed by atoms with Crippen molar-refractivity contribution in [1.29, 1.82) is 0 Å². The van der Waals surface area contributed by atoms with E-state index in [2.05, 4.69) is 9.50 Å². The Morgan fingerprint density at radius 2 is 2.06 bits per heavy atom. The van der Waals surface area contributed by atoms with Gasteiger partial charge in [-0.05, 0) is 7.05 Å². The Kier molecular flexibility index (Phi) is 6.38. The Hall–Kier alpha value is -0.250. The molecule has 0 aromatic carbocycles. The van der Waals surface area contributed by atoms with Crippen LogP contribution in [0.25, 0.3) is 0 Å². The number of rotatable bonds is 8. The quantitative estimate of drug-likeness (QED) is 0.180. The van der Waals surface area contributed by atoms with Gasteiger partial charge in [-0.25, -0.2) is 12.6 Å². The number of aliphatic hydroxyl groups excluding tert-OH is 1. The Morgan fingerprint density at radius 1 is 1.50 bits per heavy atom. The van der Waals surface area contributed by atoms with E-state index in [1.807, 2.05) is 21.1 Å². The maximum absolute atomic E-state index is 10.2. The van der Waals surface area contributed by atoms with Gasteiger partial charge in [0, 0.05) is 13.0 Å². The molecule has 0 spiro atoms. The van der Waals surface area contributed by atoms with Crippen molar-refractivity contribution >= 4 is 10.4 Å². The number of aliphatic hydroxyl groups is 1. The van der Waals surface area contributed by atoms with Gasteiger partial charge in [0.05, 0.1) is 20.6 Å². The zero-order valence-electron chi connectivity index (χ0n) is 9.84. The molecule has 8 heteroatoms. The summed E-state index contributed by atoms with van der Waals surface area (Å²) >= 11 is 0. The zero-order chi connectivity index (χ0) is 12.8. The molecule has 0 aliphatic carbocycles. The minimum atomic E-state index is -4.84. The summed E-state index contributed by atoms with van der Waals surface area (Å²) in [6, 6.07) is 0. The van der Waals surface area contributed by atoms with Crippen LogP contribution in [0.15, 0.2) is 0 Å². The molecule has 7 nitrogen and oxygen atoms in total. The fourth-order valence-electron chi connectivity index (χ4n) is 1.36. The van der Waals surface area contributed by atoms with E-state index < -0.39 is 16.7 Å². The minimum Gasteiger partial charge on any atom is -0.725 e. The van der Waals surface area contributed by atoms with Gasteiger partial charge in [-0.1, -0.05) is 0 Å². The standard InChI is InChI=1S/C8H20N2O5S/c1-9-5-4-6-10(2,3)7-8(11)15-16(12,13)14/h8-9,11H,4-7H2,1-3H3. The lowest BCUT2D eigenvalue weighted by molar-refractivity contribution is -0.895. The Labute approximate surface area is 96.6 Å². The first-order chi connectivity index (χ1) is 7.16. The van der Waals surface area contributed by atoms with Gasteiger partial charge in [0.1, 0.15) is 6.54 Å². The monoisotopic (exact) mass is 256 g/mol. The largest absolute Gasteiger partial charge is 0.725 e. The second kappa shape index (κ2) is 6.48. The summed E-state index contributed by atoms with van der Waals surface area (Å²) in [5.41, 5.74) is 0. The van der Waals surface area contributed by atoms with Gasteiger partial charge in [0.25, 0.3) is 0 Å². The summed E-state index contributed by atoms with van der Waals surface area (Å²) in [6.07, 6.45) is -0.715. The molecule has 98 valence electrons. The molecule has 0 saturated carbocycles. The minimum absolute atomic E-state index is 0.0468. The van der Waals surface area contributed by atoms with E-state index in [-0.39, 0.29) is 6.54 Å². The van der Waals surface area contributed by atoms with Crippen LogP contribution in [0.2, 0.25) is 0 Å². The molecule has 0 aliphatic rings. The van der Waals surface area contributed by atoms with Crippen LogP contribution < -0.4 is 5.32 Å². The first kappa shape index (κ1) is 15.8. The number of likely N-dealkylation sites (N-methyl/N-ethyl adjacent to an activating group) is 1. The number of nitrogens with one attached hydrogen (secondary N) is 1. The number of quaternary nitrogens is 1. The Balaban J connectivity index is 4.04. The molecule has 0 rings (SSSR count). The van der Waals surface area contributed by atoms with Crippen LogP contribution in [-0.2, 0) is 14.6 Å². The van der Waals surface area contributed by atoms with Crippen LogP contribution in [0.4, 0.5) is 0 Å². The third-order valence-electron chi connectivity index (χ3n) is 2.07. The SMILES string of the molecule is CNCCC[N+](C)(C)CC(O)OS(=O)(=O)[O-]. The molecule has 0 heterocycles. The summed E-state index contributed by atoms with van der Waals surface area (Å²) in [7, 11) is 0.630. The van der Waals surface area contributed by atoms with Crippen LogP contribution in [0.3, 0.4) is 0 Å². The van der Waals surface area contributed by atoms with Crippen LogP contribution in [0.1, 0.15) is 6.42 Å². The predicted molar refractivity (Wildman–Crippen MR) is 57.2 cm³/mol. The van der Waals surface area contributed by atoms with E-state index >= 15 is 0 Å². The molecule has 1 atom stereocenters. The second-order valence-electron chi connectivity index (χ2n) is 4.26. The topological polar surface area (TPSA) is 98.7 Å². The molecule has 0 fully saturated rings. The van der Waals surface area contributed by atoms with E-state index in [9.17, 15) is 18.1 Å². The average Bonchev–Trinajstić information content (AvgIpc) is 1.98. The summed E-state index contributed by atoms with van der Waals surface area (Å²) < 4.78 is 35.0. The second-order valence-corrected chi connectivity index (χ2v) is 5.27. The van der Waals surface area contributed by atoms with Crippen molar-refractivity contribution in [1.82, 2.24) is 5.32 Å². The van der Waals surface area contributed by atoms with Crippen LogP contribution in [-0.4, -0.2) is 69.6 Å². The van der Waals surface area contributed by atoms with Crippen LogP contribution >= 0.6 is 0 Å². The third-order valence-corrected chi connectivity index (χ3v) is 2.53. The Morgan fingerprint density at radius 3 is 2.50 bits per heavy atom. The van der Waals surface area contributed by atoms with E-state index in [1.165, 1.54) is 0 Å². The number of hydrogen-bond donors (Lipinski definition) is 2. The zero-order valence-corrected chi connectivity index (χ0v) is 10.7. The highest BCUT2D eigenvalue weighted by molar-refractivity contribution is 7.80. The summed E-state index contributed by atoms with van der Waals surface area (Å²) in [6.45, 7) is 1.61. The normalized spacial score (nSPS) is 15.1. The molecule has 1 unspecified atom stereocenters. The van der Waals surface area contributed by atoms with Gasteiger partial charge in [0.15, 0.2) is 0 Å². The lowest BCUT2D eigenvalue weighted by Crippen LogP contribution is -2.47. The molecular formula is C8H20N2O5S. The van der Waals surface area contributed by atoms with E-state index in [0.717, 1.165) is 19.5 Å². The maximum atomic E-state index is 10.2. The first-order valence-corrected chi connectivity index (χ1v) is 6.28. The molecule has 2 N–H and O–H groups in total. The molecule has 0 aromatic heterocycles. The maximum Gasteiger partial charge on any atom is 0.221 e. The van der Waals surface area contributed by atoms with E-state index in [4.69, 9.17) is 0 Å². The van der Waals surface area contributed by atoms with Crippen molar-refractivity contribution in [3.05, 3.63) is 0 Å². The number of nitrogens with zero attached hydrogens (tertiary/aromatic N) is 1. The van der Waals surface area contributed by atoms with Gasteiger partial charge < -0.3 is 19.5 Å². The smallest absolute Gasteiger partial charge is 0.221 e. The lowest BCUT2D eigenvalue weighted by Gasteiger charge is -2.31. The van der Waals surface area contributed by atoms with Gasteiger partial charge in [0.2, 0.25) is 16.7 Å². The van der Waals surface area contributed by atoms with E-state index in [1.54, 1.807) is 0 Å². The number of hydrogen-bond acceptors (Lipinski definition) is 6. The molecule has 0 radical (unpaired) electrons. The van der Waals surface area contributed by atoms with Crippen molar-refractivity contribution in [2.75, 3.05) is 40.8 Å². The summed E-state index contributed by atoms with van der Waals surface area (Å²) in [5, 5.41) is 12.2. The highest BCUT2D eigenvalue weighted by Crippen LogP contribution is 2.04. The molecule has 16 heavy (non-hydrogen) atoms. The van der Waals surface area contributed by atoms with Crippen molar-refractivity contribution in [3.63, 3.8) is 0 Å². The molecule has 0 aliphatic heterocycles. The average molecular weight is 256 g/mol. The summed E-state index contributed by atoms with van der Waals surface area (Å²) in [5.74, 6) is 0. The molecule has 0 amide bonds. The van der Waals surface area contributed by atoms with Crippen molar-refractivity contribution in [3.8, 4) is 0 Å². The molecule has 0 aromatic rings. The highest BCUT2D eigenvalue weighted by Gasteiger charge is 2.22. The first-order valence-electron chi connectivity index (χ1n) is 4.95. The van der Waals surface area contributed by atoms with Crippen LogP contribution in [0.5, 0.6) is 0 Å². The molecule has 0 bridgehead atoms. The fraction of sp³-hybridized carbons (Fsp3) is 1.00. The lowest BCUT2D eigenvalue weighted by atomic mass is 10.3. The molecule has 0 saturated heterocycles. The predicted octanol–water partition coefficient (Wildman–Crippen LogP) is -1.53. The van der Waals surface area contributed by atoms with Crippen molar-refractivity contribution < 1.29 is 26.7 Å². The van der Waals surface area contributed by atoms with Crippen molar-refractivity contribution in [2.24, 2.45) is 0 Å². The van der Waals surface area contributed by atoms with Gasteiger partial charge in [-0.15, -0.1) is 0 Å². The third kappa shape index (κ3) is 9.01. The van der Waals surface area contributed by atoms with Gasteiger partial charge >= 0.3 is 0 Å². The van der Waals surface area contributed by atoms with Crippen molar-refractivity contribution in [2.45, 2.75) is 12.7 Å².